The molecular formula is C26H21N3O4S. The van der Waals surface area contributed by atoms with E-state index in [0.717, 1.165) is 27.5 Å². The van der Waals surface area contributed by atoms with Crippen LogP contribution >= 0.6 is 11.3 Å². The van der Waals surface area contributed by atoms with E-state index in [9.17, 15) is 9.59 Å². The van der Waals surface area contributed by atoms with Crippen molar-refractivity contribution in [3.05, 3.63) is 83.4 Å². The first kappa shape index (κ1) is 21.8. The standard InChI is InChI=1S/C26H21N3O4S/c1-16-25(30)29(14-17-6-5-7-19(12-17)26(31)32-2)22-13-18(9-10-23(22)33-16)21-15-34-24(28-21)20-8-3-4-11-27-20/h3-13,15-16H,14H2,1-2H3. The van der Waals surface area contributed by atoms with Gasteiger partial charge in [0.05, 0.1) is 36.3 Å². The third kappa shape index (κ3) is 4.15. The lowest BCUT2D eigenvalue weighted by Gasteiger charge is -2.33. The van der Waals surface area contributed by atoms with Gasteiger partial charge in [-0.1, -0.05) is 18.2 Å². The zero-order valence-electron chi connectivity index (χ0n) is 18.6. The van der Waals surface area contributed by atoms with Gasteiger partial charge in [0.1, 0.15) is 10.8 Å². The van der Waals surface area contributed by atoms with Crippen molar-refractivity contribution < 1.29 is 19.1 Å². The van der Waals surface area contributed by atoms with Gasteiger partial charge in [-0.25, -0.2) is 9.78 Å². The smallest absolute Gasteiger partial charge is 0.337 e. The summed E-state index contributed by atoms with van der Waals surface area (Å²) in [4.78, 5) is 35.8. The second-order valence-electron chi connectivity index (χ2n) is 7.81. The highest BCUT2D eigenvalue weighted by Gasteiger charge is 2.32. The molecule has 0 bridgehead atoms. The number of esters is 1. The number of aromatic nitrogens is 2. The fraction of sp³-hybridized carbons (Fsp3) is 0.154. The van der Waals surface area contributed by atoms with Crippen LogP contribution in [0.2, 0.25) is 0 Å². The molecule has 170 valence electrons. The minimum absolute atomic E-state index is 0.152. The summed E-state index contributed by atoms with van der Waals surface area (Å²) in [7, 11) is 1.34. The van der Waals surface area contributed by atoms with Gasteiger partial charge < -0.3 is 14.4 Å². The number of carbonyl (C=O) groups is 2. The molecule has 0 radical (unpaired) electrons. The van der Waals surface area contributed by atoms with Gasteiger partial charge in [0.15, 0.2) is 6.10 Å². The summed E-state index contributed by atoms with van der Waals surface area (Å²) < 4.78 is 10.7. The third-order valence-corrected chi connectivity index (χ3v) is 6.40. The van der Waals surface area contributed by atoms with E-state index in [0.29, 0.717) is 23.5 Å². The Morgan fingerprint density at radius 3 is 2.79 bits per heavy atom. The van der Waals surface area contributed by atoms with Crippen molar-refractivity contribution in [3.63, 3.8) is 0 Å². The van der Waals surface area contributed by atoms with E-state index in [4.69, 9.17) is 14.5 Å². The molecule has 4 aromatic rings. The number of rotatable bonds is 5. The molecular weight excluding hydrogens is 450 g/mol. The van der Waals surface area contributed by atoms with Crippen LogP contribution in [0.1, 0.15) is 22.8 Å². The van der Waals surface area contributed by atoms with Gasteiger partial charge in [-0.3, -0.25) is 9.78 Å². The molecule has 1 atom stereocenters. The molecule has 0 spiro atoms. The van der Waals surface area contributed by atoms with Gasteiger partial charge in [-0.15, -0.1) is 11.3 Å². The molecule has 2 aromatic carbocycles. The quantitative estimate of drug-likeness (QED) is 0.382. The summed E-state index contributed by atoms with van der Waals surface area (Å²) in [5, 5.41) is 2.80. The largest absolute Gasteiger partial charge is 0.479 e. The van der Waals surface area contributed by atoms with E-state index in [2.05, 4.69) is 4.98 Å². The van der Waals surface area contributed by atoms with Crippen molar-refractivity contribution >= 4 is 28.9 Å². The second-order valence-corrected chi connectivity index (χ2v) is 8.67. The Balaban J connectivity index is 1.49. The summed E-state index contributed by atoms with van der Waals surface area (Å²) in [6.45, 7) is 2.03. The topological polar surface area (TPSA) is 81.6 Å². The van der Waals surface area contributed by atoms with Crippen molar-refractivity contribution in [2.75, 3.05) is 12.0 Å². The van der Waals surface area contributed by atoms with Crippen LogP contribution < -0.4 is 9.64 Å². The highest BCUT2D eigenvalue weighted by atomic mass is 32.1. The monoisotopic (exact) mass is 471 g/mol. The molecule has 3 heterocycles. The number of carbonyl (C=O) groups excluding carboxylic acids is 2. The number of hydrogen-bond acceptors (Lipinski definition) is 7. The Kier molecular flexibility index (Phi) is 5.81. The molecule has 34 heavy (non-hydrogen) atoms. The van der Waals surface area contributed by atoms with E-state index in [-0.39, 0.29) is 5.91 Å². The number of nitrogens with zero attached hydrogens (tertiary/aromatic N) is 3. The van der Waals surface area contributed by atoms with Gasteiger partial charge in [-0.2, -0.15) is 0 Å². The molecule has 1 amide bonds. The van der Waals surface area contributed by atoms with Crippen molar-refractivity contribution in [1.82, 2.24) is 9.97 Å². The van der Waals surface area contributed by atoms with Crippen LogP contribution in [0.5, 0.6) is 5.75 Å². The summed E-state index contributed by atoms with van der Waals surface area (Å²) in [6.07, 6.45) is 1.13. The Hall–Kier alpha value is -4.04. The predicted molar refractivity (Wildman–Crippen MR) is 130 cm³/mol. The lowest BCUT2D eigenvalue weighted by atomic mass is 10.1. The molecule has 1 aliphatic heterocycles. The SMILES string of the molecule is COC(=O)c1cccc(CN2C(=O)C(C)Oc3ccc(-c4csc(-c5ccccn5)n4)cc32)c1. The molecule has 1 aliphatic rings. The summed E-state index contributed by atoms with van der Waals surface area (Å²) in [5.41, 5.74) is 4.40. The zero-order chi connectivity index (χ0) is 23.7. The minimum Gasteiger partial charge on any atom is -0.479 e. The van der Waals surface area contributed by atoms with E-state index in [1.54, 1.807) is 36.2 Å². The maximum absolute atomic E-state index is 13.1. The fourth-order valence-electron chi connectivity index (χ4n) is 3.84. The first-order chi connectivity index (χ1) is 16.5. The number of pyridine rings is 1. The van der Waals surface area contributed by atoms with E-state index >= 15 is 0 Å². The van der Waals surface area contributed by atoms with Crippen LogP contribution in [0.4, 0.5) is 5.69 Å². The van der Waals surface area contributed by atoms with Crippen LogP contribution in [-0.4, -0.2) is 35.1 Å². The zero-order valence-corrected chi connectivity index (χ0v) is 19.4. The highest BCUT2D eigenvalue weighted by molar-refractivity contribution is 7.13. The molecule has 0 saturated heterocycles. The lowest BCUT2D eigenvalue weighted by Crippen LogP contribution is -2.44. The Morgan fingerprint density at radius 1 is 1.12 bits per heavy atom. The van der Waals surface area contributed by atoms with Crippen molar-refractivity contribution in [2.45, 2.75) is 19.6 Å². The Labute approximate surface area is 200 Å². The molecule has 1 unspecified atom stereocenters. The number of hydrogen-bond donors (Lipinski definition) is 0. The molecule has 8 heteroatoms. The van der Waals surface area contributed by atoms with Crippen LogP contribution in [0.15, 0.2) is 72.2 Å². The Bertz CT molecular complexity index is 1370. The van der Waals surface area contributed by atoms with E-state index < -0.39 is 12.1 Å². The Morgan fingerprint density at radius 2 is 2.00 bits per heavy atom. The molecule has 2 aromatic heterocycles. The first-order valence-electron chi connectivity index (χ1n) is 10.7. The van der Waals surface area contributed by atoms with Gasteiger partial charge in [0, 0.05) is 17.1 Å². The highest BCUT2D eigenvalue weighted by Crippen LogP contribution is 2.39. The number of methoxy groups -OCH3 is 1. The molecule has 0 aliphatic carbocycles. The number of benzene rings is 2. The molecule has 0 fully saturated rings. The number of thiazole rings is 1. The maximum atomic E-state index is 13.1. The van der Waals surface area contributed by atoms with Crippen LogP contribution in [0.25, 0.3) is 22.0 Å². The van der Waals surface area contributed by atoms with Gasteiger partial charge in [0.2, 0.25) is 0 Å². The predicted octanol–water partition coefficient (Wildman–Crippen LogP) is 4.97. The first-order valence-corrected chi connectivity index (χ1v) is 11.6. The van der Waals surface area contributed by atoms with Gasteiger partial charge in [0.25, 0.3) is 5.91 Å². The van der Waals surface area contributed by atoms with E-state index in [1.807, 2.05) is 47.8 Å². The normalized spacial score (nSPS) is 14.9. The van der Waals surface area contributed by atoms with Gasteiger partial charge in [-0.05, 0) is 55.0 Å². The molecule has 7 nitrogen and oxygen atoms in total. The minimum atomic E-state index is -0.614. The molecule has 0 saturated carbocycles. The van der Waals surface area contributed by atoms with Crippen LogP contribution in [0.3, 0.4) is 0 Å². The fourth-order valence-corrected chi connectivity index (χ4v) is 4.64. The maximum Gasteiger partial charge on any atom is 0.337 e. The van der Waals surface area contributed by atoms with E-state index in [1.165, 1.54) is 18.4 Å². The number of ether oxygens (including phenoxy) is 2. The average molecular weight is 472 g/mol. The summed E-state index contributed by atoms with van der Waals surface area (Å²) >= 11 is 1.52. The number of fused-ring (bicyclic) bond motifs is 1. The summed E-state index contributed by atoms with van der Waals surface area (Å²) in [5.74, 6) is 0.0548. The molecule has 5 rings (SSSR count). The summed E-state index contributed by atoms with van der Waals surface area (Å²) in [6, 6.07) is 18.5. The molecule has 0 N–H and O–H groups in total. The van der Waals surface area contributed by atoms with Crippen LogP contribution in [0, 0.1) is 0 Å². The average Bonchev–Trinajstić information content (AvgIpc) is 3.37. The van der Waals surface area contributed by atoms with Crippen molar-refractivity contribution in [2.24, 2.45) is 0 Å². The third-order valence-electron chi connectivity index (χ3n) is 5.54. The van der Waals surface area contributed by atoms with Gasteiger partial charge >= 0.3 is 5.97 Å². The lowest BCUT2D eigenvalue weighted by molar-refractivity contribution is -0.125. The number of anilines is 1. The van der Waals surface area contributed by atoms with Crippen molar-refractivity contribution in [1.29, 1.82) is 0 Å². The van der Waals surface area contributed by atoms with Crippen LogP contribution in [-0.2, 0) is 16.1 Å². The number of amides is 1. The van der Waals surface area contributed by atoms with Crippen molar-refractivity contribution in [3.8, 4) is 27.7 Å². The second kappa shape index (κ2) is 9.07.